The molecule has 0 saturated carbocycles. The van der Waals surface area contributed by atoms with E-state index in [1.165, 1.54) is 18.4 Å². The fourth-order valence-corrected chi connectivity index (χ4v) is 5.96. The molecule has 10 heteroatoms. The lowest BCUT2D eigenvalue weighted by molar-refractivity contribution is 0.0350. The molecule has 1 aromatic carbocycles. The van der Waals surface area contributed by atoms with Gasteiger partial charge in [0.2, 0.25) is 16.0 Å². The number of hydrogen-bond donors (Lipinski definition) is 2. The van der Waals surface area contributed by atoms with E-state index in [0.717, 1.165) is 48.3 Å². The van der Waals surface area contributed by atoms with E-state index in [-0.39, 0.29) is 18.4 Å². The lowest BCUT2D eigenvalue weighted by Gasteiger charge is -2.39. The summed E-state index contributed by atoms with van der Waals surface area (Å²) < 4.78 is 46.5. The van der Waals surface area contributed by atoms with Gasteiger partial charge in [0, 0.05) is 32.4 Å². The van der Waals surface area contributed by atoms with Crippen molar-refractivity contribution in [1.82, 2.24) is 19.6 Å². The van der Waals surface area contributed by atoms with Crippen molar-refractivity contribution in [2.45, 2.75) is 44.2 Å². The summed E-state index contributed by atoms with van der Waals surface area (Å²) in [6, 6.07) is 8.34. The van der Waals surface area contributed by atoms with E-state index in [1.54, 1.807) is 23.7 Å². The maximum atomic E-state index is 13.4. The number of anilines is 1. The quantitative estimate of drug-likeness (QED) is 0.487. The highest BCUT2D eigenvalue weighted by Gasteiger charge is 2.36. The van der Waals surface area contributed by atoms with Gasteiger partial charge in [0.1, 0.15) is 5.82 Å². The van der Waals surface area contributed by atoms with Crippen molar-refractivity contribution in [3.05, 3.63) is 71.3 Å². The third kappa shape index (κ3) is 7.01. The van der Waals surface area contributed by atoms with E-state index in [1.807, 2.05) is 25.1 Å². The van der Waals surface area contributed by atoms with Gasteiger partial charge in [-0.1, -0.05) is 18.2 Å². The number of sulfonamides is 1. The molecule has 0 amide bonds. The van der Waals surface area contributed by atoms with E-state index in [0.29, 0.717) is 25.3 Å². The summed E-state index contributed by atoms with van der Waals surface area (Å²) in [5.74, 6) is 0.234. The topological polar surface area (TPSA) is 96.4 Å². The van der Waals surface area contributed by atoms with E-state index in [9.17, 15) is 12.8 Å². The molecule has 1 saturated heterocycles. The van der Waals surface area contributed by atoms with Crippen LogP contribution < -0.4 is 10.6 Å². The number of rotatable bonds is 10. The van der Waals surface area contributed by atoms with Crippen molar-refractivity contribution in [2.75, 3.05) is 44.9 Å². The molecule has 1 aromatic heterocycles. The van der Waals surface area contributed by atoms with Crippen LogP contribution in [0.15, 0.2) is 54.3 Å². The van der Waals surface area contributed by atoms with Crippen molar-refractivity contribution < 1.29 is 17.5 Å². The second-order valence-corrected chi connectivity index (χ2v) is 11.8. The molecule has 1 fully saturated rings. The minimum atomic E-state index is -3.42. The van der Waals surface area contributed by atoms with Crippen LogP contribution in [0.4, 0.5) is 10.3 Å². The first-order chi connectivity index (χ1) is 17.7. The number of methoxy groups -OCH3 is 1. The largest absolute Gasteiger partial charge is 0.374 e. The Morgan fingerprint density at radius 1 is 1.27 bits per heavy atom. The molecule has 1 aliphatic carbocycles. The van der Waals surface area contributed by atoms with Crippen LogP contribution in [0.5, 0.6) is 0 Å². The number of aromatic nitrogens is 2. The molecule has 0 radical (unpaired) electrons. The minimum absolute atomic E-state index is 0.0412. The second kappa shape index (κ2) is 11.8. The van der Waals surface area contributed by atoms with E-state index in [2.05, 4.69) is 26.7 Å². The molecule has 4 rings (SSSR count). The zero-order valence-electron chi connectivity index (χ0n) is 21.7. The maximum absolute atomic E-state index is 13.4. The number of nitrogens with one attached hydrogen (secondary N) is 2. The average Bonchev–Trinajstić information content (AvgIpc) is 2.88. The summed E-state index contributed by atoms with van der Waals surface area (Å²) in [4.78, 5) is 9.01. The molecule has 1 unspecified atom stereocenters. The third-order valence-electron chi connectivity index (χ3n) is 7.18. The van der Waals surface area contributed by atoms with Crippen LogP contribution in [-0.4, -0.2) is 73.9 Å². The van der Waals surface area contributed by atoms with E-state index >= 15 is 0 Å². The first kappa shape index (κ1) is 27.4. The predicted molar refractivity (Wildman–Crippen MR) is 144 cm³/mol. The SMILES string of the molecule is COC1(C)CC=C(c2ccnc(NCCc3cccc(F)c3)n2)C=C1CN(C1CCNCC1)S(C)(=O)=O. The Morgan fingerprint density at radius 2 is 2.05 bits per heavy atom. The summed E-state index contributed by atoms with van der Waals surface area (Å²) in [5.41, 5.74) is 2.83. The normalized spacial score (nSPS) is 21.0. The molecule has 2 N–H and O–H groups in total. The van der Waals surface area contributed by atoms with Gasteiger partial charge in [-0.15, -0.1) is 0 Å². The van der Waals surface area contributed by atoms with Crippen LogP contribution in [0.2, 0.25) is 0 Å². The summed E-state index contributed by atoms with van der Waals surface area (Å²) in [5, 5.41) is 6.52. The van der Waals surface area contributed by atoms with Gasteiger partial charge in [0.05, 0.1) is 17.6 Å². The summed E-state index contributed by atoms with van der Waals surface area (Å²) >= 11 is 0. The third-order valence-corrected chi connectivity index (χ3v) is 8.46. The molecule has 2 heterocycles. The van der Waals surface area contributed by atoms with Gasteiger partial charge in [-0.05, 0) is 86.7 Å². The van der Waals surface area contributed by atoms with Crippen molar-refractivity contribution in [2.24, 2.45) is 0 Å². The average molecular weight is 530 g/mol. The maximum Gasteiger partial charge on any atom is 0.223 e. The molecule has 2 aliphatic rings. The van der Waals surface area contributed by atoms with Gasteiger partial charge in [0.25, 0.3) is 0 Å². The van der Waals surface area contributed by atoms with Crippen LogP contribution in [0.25, 0.3) is 5.57 Å². The van der Waals surface area contributed by atoms with Crippen molar-refractivity contribution >= 4 is 21.5 Å². The first-order valence-corrected chi connectivity index (χ1v) is 14.5. The van der Waals surface area contributed by atoms with Gasteiger partial charge in [-0.2, -0.15) is 4.31 Å². The number of benzene rings is 1. The number of nitrogens with zero attached hydrogens (tertiary/aromatic N) is 3. The lowest BCUT2D eigenvalue weighted by atomic mass is 9.84. The smallest absolute Gasteiger partial charge is 0.223 e. The number of piperidine rings is 1. The molecule has 8 nitrogen and oxygen atoms in total. The first-order valence-electron chi connectivity index (χ1n) is 12.6. The van der Waals surface area contributed by atoms with Crippen LogP contribution in [0.1, 0.15) is 37.4 Å². The summed E-state index contributed by atoms with van der Waals surface area (Å²) in [6.45, 7) is 4.44. The number of hydrogen-bond acceptors (Lipinski definition) is 7. The molecule has 0 bridgehead atoms. The van der Waals surface area contributed by atoms with Crippen LogP contribution in [0, 0.1) is 5.82 Å². The summed E-state index contributed by atoms with van der Waals surface area (Å²) in [6.07, 6.45) is 9.86. The van der Waals surface area contributed by atoms with Crippen LogP contribution in [-0.2, 0) is 21.2 Å². The van der Waals surface area contributed by atoms with Crippen molar-refractivity contribution in [3.8, 4) is 0 Å². The van der Waals surface area contributed by atoms with Gasteiger partial charge in [-0.3, -0.25) is 0 Å². The van der Waals surface area contributed by atoms with E-state index in [4.69, 9.17) is 4.74 Å². The Labute approximate surface area is 219 Å². The number of allylic oxidation sites excluding steroid dienone is 2. The Kier molecular flexibility index (Phi) is 8.74. The van der Waals surface area contributed by atoms with Crippen molar-refractivity contribution in [3.63, 3.8) is 0 Å². The zero-order chi connectivity index (χ0) is 26.5. The van der Waals surface area contributed by atoms with Gasteiger partial charge >= 0.3 is 0 Å². The highest BCUT2D eigenvalue weighted by atomic mass is 32.2. The highest BCUT2D eigenvalue weighted by molar-refractivity contribution is 7.88. The van der Waals surface area contributed by atoms with Gasteiger partial charge < -0.3 is 15.4 Å². The number of ether oxygens (including phenoxy) is 1. The fraction of sp³-hybridized carbons (Fsp3) is 0.481. The molecule has 37 heavy (non-hydrogen) atoms. The van der Waals surface area contributed by atoms with Crippen molar-refractivity contribution in [1.29, 1.82) is 0 Å². The fourth-order valence-electron chi connectivity index (χ4n) is 4.84. The Balaban J connectivity index is 1.52. The molecule has 2 aromatic rings. The molecular formula is C27H36FN5O3S. The monoisotopic (exact) mass is 529 g/mol. The van der Waals surface area contributed by atoms with Crippen LogP contribution >= 0.6 is 0 Å². The molecule has 1 aliphatic heterocycles. The summed E-state index contributed by atoms with van der Waals surface area (Å²) in [7, 11) is -1.76. The Bertz CT molecular complexity index is 1260. The molecule has 1 atom stereocenters. The zero-order valence-corrected chi connectivity index (χ0v) is 22.5. The van der Waals surface area contributed by atoms with Gasteiger partial charge in [0.15, 0.2) is 0 Å². The van der Waals surface area contributed by atoms with Crippen LogP contribution in [0.3, 0.4) is 0 Å². The Hall–Kier alpha value is -2.66. The lowest BCUT2D eigenvalue weighted by Crippen LogP contribution is -2.48. The molecular weight excluding hydrogens is 493 g/mol. The van der Waals surface area contributed by atoms with E-state index < -0.39 is 15.6 Å². The Morgan fingerprint density at radius 3 is 2.76 bits per heavy atom. The number of halogens is 1. The predicted octanol–water partition coefficient (Wildman–Crippen LogP) is 3.40. The highest BCUT2D eigenvalue weighted by Crippen LogP contribution is 2.36. The van der Waals surface area contributed by atoms with Gasteiger partial charge in [-0.25, -0.2) is 22.8 Å². The standard InChI is InChI=1S/C27H36FN5O3S/c1-27(36-2)12-7-21(18-22(27)19-33(37(3,34)35)24-9-13-29-14-10-24)25-11-16-31-26(32-25)30-15-8-20-5-4-6-23(28)17-20/h4-7,11,16-18,24,29H,8-10,12-15,19H2,1-3H3,(H,30,31,32). The molecule has 200 valence electrons. The second-order valence-electron chi connectivity index (χ2n) is 9.83. The molecule has 0 spiro atoms. The minimum Gasteiger partial charge on any atom is -0.374 e.